The number of benzene rings is 1. The van der Waals surface area contributed by atoms with Crippen LogP contribution in [0.3, 0.4) is 0 Å². The fraction of sp³-hybridized carbons (Fsp3) is 0.250. The first-order valence-corrected chi connectivity index (χ1v) is 5.80. The topological polar surface area (TPSA) is 83.9 Å². The number of methoxy groups -OCH3 is 1. The van der Waals surface area contributed by atoms with Crippen molar-refractivity contribution in [3.05, 3.63) is 38.6 Å². The Labute approximate surface area is 109 Å². The maximum Gasteiger partial charge on any atom is 0.269 e. The van der Waals surface area contributed by atoms with Crippen LogP contribution in [-0.2, 0) is 6.54 Å². The average molecular weight is 268 g/mol. The average Bonchev–Trinajstić information content (AvgIpc) is 2.69. The van der Waals surface area contributed by atoms with Crippen LogP contribution in [0.5, 0.6) is 5.75 Å². The van der Waals surface area contributed by atoms with E-state index in [0.717, 1.165) is 11.1 Å². The van der Waals surface area contributed by atoms with E-state index in [-0.39, 0.29) is 12.1 Å². The minimum Gasteiger partial charge on any atom is -0.496 e. The first-order valence-electron chi connectivity index (χ1n) is 5.42. The van der Waals surface area contributed by atoms with Gasteiger partial charge in [-0.15, -0.1) is 0 Å². The molecule has 0 aliphatic carbocycles. The highest BCUT2D eigenvalue weighted by Gasteiger charge is 2.16. The molecule has 2 aromatic rings. The van der Waals surface area contributed by atoms with Crippen LogP contribution in [-0.4, -0.2) is 17.3 Å². The second kappa shape index (κ2) is 4.88. The van der Waals surface area contributed by atoms with Gasteiger partial charge in [0.1, 0.15) is 5.75 Å². The van der Waals surface area contributed by atoms with Crippen LogP contribution in [0.15, 0.2) is 16.9 Å². The minimum absolute atomic E-state index is 0.142. The molecule has 5 nitrogen and oxygen atoms in total. The fourth-order valence-electron chi connectivity index (χ4n) is 1.99. The van der Waals surface area contributed by atoms with E-state index < -0.39 is 0 Å². The third-order valence-electron chi connectivity index (χ3n) is 2.79. The van der Waals surface area contributed by atoms with Crippen molar-refractivity contribution in [1.29, 1.82) is 0 Å². The van der Waals surface area contributed by atoms with Gasteiger partial charge >= 0.3 is 0 Å². The van der Waals surface area contributed by atoms with E-state index in [1.807, 2.05) is 6.92 Å². The van der Waals surface area contributed by atoms with Crippen molar-refractivity contribution in [1.82, 2.24) is 10.2 Å². The largest absolute Gasteiger partial charge is 0.496 e. The maximum absolute atomic E-state index is 11.6. The molecule has 0 atom stereocenters. The molecule has 0 radical (unpaired) electrons. The summed E-state index contributed by atoms with van der Waals surface area (Å²) in [5.74, 6) is 0.671. The number of ether oxygens (including phenoxy) is 1. The van der Waals surface area contributed by atoms with E-state index in [9.17, 15) is 4.79 Å². The molecule has 1 aromatic heterocycles. The summed E-state index contributed by atoms with van der Waals surface area (Å²) >= 11 is 6.04. The number of hydrogen-bond acceptors (Lipinski definition) is 3. The SMILES string of the molecule is COc1c(C)cc(Cl)cc1-c1[nH][nH]c(=O)c1CN. The van der Waals surface area contributed by atoms with Gasteiger partial charge in [0.25, 0.3) is 5.56 Å². The van der Waals surface area contributed by atoms with E-state index in [4.69, 9.17) is 22.1 Å². The van der Waals surface area contributed by atoms with Gasteiger partial charge in [0, 0.05) is 17.1 Å². The summed E-state index contributed by atoms with van der Waals surface area (Å²) in [5.41, 5.74) is 8.07. The molecule has 0 saturated heterocycles. The van der Waals surface area contributed by atoms with Crippen LogP contribution >= 0.6 is 11.6 Å². The van der Waals surface area contributed by atoms with Gasteiger partial charge in [-0.2, -0.15) is 0 Å². The predicted octanol–water partition coefficient (Wildman–Crippen LogP) is 1.80. The minimum atomic E-state index is -0.229. The van der Waals surface area contributed by atoms with Crippen molar-refractivity contribution in [3.8, 4) is 17.0 Å². The number of rotatable bonds is 3. The molecule has 6 heteroatoms. The molecule has 2 rings (SSSR count). The van der Waals surface area contributed by atoms with Crippen LogP contribution in [0.4, 0.5) is 0 Å². The van der Waals surface area contributed by atoms with Crippen LogP contribution in [0, 0.1) is 6.92 Å². The Hall–Kier alpha value is -1.72. The number of aromatic amines is 2. The molecule has 0 unspecified atom stereocenters. The van der Waals surface area contributed by atoms with Crippen LogP contribution in [0.25, 0.3) is 11.3 Å². The van der Waals surface area contributed by atoms with Crippen molar-refractivity contribution >= 4 is 11.6 Å². The Bertz CT molecular complexity index is 631. The second-order valence-electron chi connectivity index (χ2n) is 3.94. The highest BCUT2D eigenvalue weighted by Crippen LogP contribution is 2.35. The Morgan fingerprint density at radius 1 is 1.39 bits per heavy atom. The Morgan fingerprint density at radius 2 is 2.11 bits per heavy atom. The molecule has 96 valence electrons. The summed E-state index contributed by atoms with van der Waals surface area (Å²) in [6.45, 7) is 2.03. The van der Waals surface area contributed by atoms with Crippen molar-refractivity contribution in [2.75, 3.05) is 7.11 Å². The number of aromatic nitrogens is 2. The molecule has 0 spiro atoms. The summed E-state index contributed by atoms with van der Waals surface area (Å²) in [5, 5.41) is 5.91. The lowest BCUT2D eigenvalue weighted by Crippen LogP contribution is -2.10. The normalized spacial score (nSPS) is 10.7. The number of aryl methyl sites for hydroxylation is 1. The van der Waals surface area contributed by atoms with Gasteiger partial charge in [-0.3, -0.25) is 15.0 Å². The first-order chi connectivity index (χ1) is 8.58. The lowest BCUT2D eigenvalue weighted by atomic mass is 10.0. The molecule has 0 bridgehead atoms. The highest BCUT2D eigenvalue weighted by atomic mass is 35.5. The third-order valence-corrected chi connectivity index (χ3v) is 3.01. The summed E-state index contributed by atoms with van der Waals surface area (Å²) in [4.78, 5) is 11.6. The number of halogens is 1. The van der Waals surface area contributed by atoms with E-state index in [1.165, 1.54) is 0 Å². The molecule has 0 aliphatic heterocycles. The number of nitrogens with two attached hydrogens (primary N) is 1. The molecule has 0 saturated carbocycles. The lowest BCUT2D eigenvalue weighted by Gasteiger charge is -2.11. The van der Waals surface area contributed by atoms with Gasteiger partial charge in [0.05, 0.1) is 18.4 Å². The number of hydrogen-bond donors (Lipinski definition) is 3. The van der Waals surface area contributed by atoms with E-state index in [0.29, 0.717) is 22.0 Å². The van der Waals surface area contributed by atoms with Gasteiger partial charge in [-0.1, -0.05) is 11.6 Å². The molecule has 1 heterocycles. The predicted molar refractivity (Wildman–Crippen MR) is 71.0 cm³/mol. The first kappa shape index (κ1) is 12.7. The fourth-order valence-corrected chi connectivity index (χ4v) is 2.27. The zero-order valence-electron chi connectivity index (χ0n) is 10.1. The molecule has 18 heavy (non-hydrogen) atoms. The zero-order valence-corrected chi connectivity index (χ0v) is 10.9. The Kier molecular flexibility index (Phi) is 3.45. The van der Waals surface area contributed by atoms with Crippen LogP contribution in [0.1, 0.15) is 11.1 Å². The van der Waals surface area contributed by atoms with E-state index in [2.05, 4.69) is 10.2 Å². The van der Waals surface area contributed by atoms with E-state index >= 15 is 0 Å². The lowest BCUT2D eigenvalue weighted by molar-refractivity contribution is 0.413. The van der Waals surface area contributed by atoms with Gasteiger partial charge in [0.2, 0.25) is 0 Å². The van der Waals surface area contributed by atoms with Gasteiger partial charge in [-0.05, 0) is 24.6 Å². The van der Waals surface area contributed by atoms with Gasteiger partial charge in [0.15, 0.2) is 0 Å². The maximum atomic E-state index is 11.6. The van der Waals surface area contributed by atoms with Crippen molar-refractivity contribution in [3.63, 3.8) is 0 Å². The van der Waals surface area contributed by atoms with Crippen molar-refractivity contribution in [2.24, 2.45) is 5.73 Å². The van der Waals surface area contributed by atoms with Crippen molar-refractivity contribution < 1.29 is 4.74 Å². The zero-order chi connectivity index (χ0) is 13.3. The monoisotopic (exact) mass is 267 g/mol. The summed E-state index contributed by atoms with van der Waals surface area (Å²) in [6, 6.07) is 3.54. The van der Waals surface area contributed by atoms with Gasteiger partial charge in [-0.25, -0.2) is 0 Å². The summed E-state index contributed by atoms with van der Waals surface area (Å²) in [6.07, 6.45) is 0. The van der Waals surface area contributed by atoms with Crippen LogP contribution in [0.2, 0.25) is 5.02 Å². The molecule has 0 amide bonds. The van der Waals surface area contributed by atoms with Crippen molar-refractivity contribution in [2.45, 2.75) is 13.5 Å². The molecule has 0 fully saturated rings. The van der Waals surface area contributed by atoms with Crippen LogP contribution < -0.4 is 16.0 Å². The number of H-pyrrole nitrogens is 2. The third kappa shape index (κ3) is 2.02. The summed E-state index contributed by atoms with van der Waals surface area (Å²) in [7, 11) is 1.58. The smallest absolute Gasteiger partial charge is 0.269 e. The second-order valence-corrected chi connectivity index (χ2v) is 4.38. The van der Waals surface area contributed by atoms with Gasteiger partial charge < -0.3 is 10.5 Å². The summed E-state index contributed by atoms with van der Waals surface area (Å²) < 4.78 is 5.36. The Balaban J connectivity index is 2.73. The van der Waals surface area contributed by atoms with E-state index in [1.54, 1.807) is 19.2 Å². The standard InChI is InChI=1S/C12H14ClN3O2/c1-6-3-7(13)4-8(11(6)18-2)10-9(5-14)12(17)16-15-10/h3-4H,5,14H2,1-2H3,(H2,15,16,17). The molecular formula is C12H14ClN3O2. The molecule has 1 aromatic carbocycles. The number of nitrogens with one attached hydrogen (secondary N) is 2. The Morgan fingerprint density at radius 3 is 2.72 bits per heavy atom. The highest BCUT2D eigenvalue weighted by molar-refractivity contribution is 6.31. The quantitative estimate of drug-likeness (QED) is 0.793. The molecule has 4 N–H and O–H groups in total. The molecular weight excluding hydrogens is 254 g/mol. The molecule has 0 aliphatic rings.